The van der Waals surface area contributed by atoms with Crippen molar-refractivity contribution in [2.75, 3.05) is 6.54 Å². The minimum absolute atomic E-state index is 0.0815. The zero-order valence-electron chi connectivity index (χ0n) is 11.9. The summed E-state index contributed by atoms with van der Waals surface area (Å²) < 4.78 is 1.01. The van der Waals surface area contributed by atoms with Crippen molar-refractivity contribution in [3.63, 3.8) is 0 Å². The highest BCUT2D eigenvalue weighted by molar-refractivity contribution is 9.10. The number of hydrogen-bond acceptors (Lipinski definition) is 2. The Morgan fingerprint density at radius 2 is 1.86 bits per heavy atom. The van der Waals surface area contributed by atoms with E-state index in [1.54, 1.807) is 0 Å². The first-order valence-corrected chi connectivity index (χ1v) is 8.23. The monoisotopic (exact) mass is 345 g/mol. The van der Waals surface area contributed by atoms with Crippen molar-refractivity contribution in [1.29, 1.82) is 0 Å². The van der Waals surface area contributed by atoms with Gasteiger partial charge in [-0.1, -0.05) is 46.3 Å². The lowest BCUT2D eigenvalue weighted by molar-refractivity contribution is 0.147. The fraction of sp³-hybridized carbons (Fsp3) is 0.333. The number of hydrogen-bond donors (Lipinski definition) is 2. The van der Waals surface area contributed by atoms with Crippen LogP contribution in [0.25, 0.3) is 0 Å². The minimum Gasteiger partial charge on any atom is -0.388 e. The Hall–Kier alpha value is -1.16. The van der Waals surface area contributed by atoms with Gasteiger partial charge < -0.3 is 10.8 Å². The smallest absolute Gasteiger partial charge is 0.0870 e. The van der Waals surface area contributed by atoms with E-state index in [1.165, 1.54) is 17.5 Å². The highest BCUT2D eigenvalue weighted by atomic mass is 79.9. The molecule has 0 saturated heterocycles. The van der Waals surface area contributed by atoms with Crippen LogP contribution in [0.15, 0.2) is 46.9 Å². The third-order valence-corrected chi connectivity index (χ3v) is 4.87. The van der Waals surface area contributed by atoms with Crippen LogP contribution < -0.4 is 5.73 Å². The second kappa shape index (κ2) is 6.30. The summed E-state index contributed by atoms with van der Waals surface area (Å²) in [7, 11) is 0. The van der Waals surface area contributed by atoms with Crippen LogP contribution in [0.2, 0.25) is 0 Å². The third kappa shape index (κ3) is 3.05. The lowest BCUT2D eigenvalue weighted by Gasteiger charge is -2.23. The van der Waals surface area contributed by atoms with Crippen molar-refractivity contribution in [1.82, 2.24) is 0 Å². The molecule has 0 saturated carbocycles. The molecule has 2 nitrogen and oxygen atoms in total. The van der Waals surface area contributed by atoms with E-state index in [1.807, 2.05) is 24.3 Å². The summed E-state index contributed by atoms with van der Waals surface area (Å²) in [5, 5.41) is 10.8. The topological polar surface area (TPSA) is 46.2 Å². The van der Waals surface area contributed by atoms with Crippen LogP contribution in [0.5, 0.6) is 0 Å². The minimum atomic E-state index is -0.560. The Morgan fingerprint density at radius 3 is 2.62 bits per heavy atom. The summed E-state index contributed by atoms with van der Waals surface area (Å²) >= 11 is 3.48. The van der Waals surface area contributed by atoms with Crippen LogP contribution in [0.4, 0.5) is 0 Å². The predicted octanol–water partition coefficient (Wildman–Crippen LogP) is 3.71. The number of aryl methyl sites for hydroxylation is 2. The van der Waals surface area contributed by atoms with E-state index in [4.69, 9.17) is 5.73 Å². The molecule has 1 aliphatic rings. The molecule has 21 heavy (non-hydrogen) atoms. The molecule has 3 N–H and O–H groups in total. The number of rotatable bonds is 4. The molecule has 0 radical (unpaired) electrons. The van der Waals surface area contributed by atoms with Gasteiger partial charge in [-0.25, -0.2) is 0 Å². The molecular formula is C18H20BrNO. The molecule has 110 valence electrons. The molecule has 0 bridgehead atoms. The molecule has 2 atom stereocenters. The molecule has 0 aromatic heterocycles. The van der Waals surface area contributed by atoms with Gasteiger partial charge in [-0.15, -0.1) is 0 Å². The van der Waals surface area contributed by atoms with Crippen LogP contribution in [0.3, 0.4) is 0 Å². The number of nitrogens with two attached hydrogens (primary N) is 1. The lowest BCUT2D eigenvalue weighted by Crippen LogP contribution is -2.20. The maximum absolute atomic E-state index is 10.8. The van der Waals surface area contributed by atoms with Crippen LogP contribution >= 0.6 is 15.9 Å². The average Bonchev–Trinajstić information content (AvgIpc) is 2.95. The molecular weight excluding hydrogens is 326 g/mol. The van der Waals surface area contributed by atoms with Crippen molar-refractivity contribution in [2.24, 2.45) is 5.73 Å². The van der Waals surface area contributed by atoms with Gasteiger partial charge in [-0.2, -0.15) is 0 Å². The fourth-order valence-corrected chi connectivity index (χ4v) is 3.61. The molecule has 0 aliphatic heterocycles. The fourth-order valence-electron chi connectivity index (χ4n) is 3.19. The number of halogens is 1. The zero-order valence-corrected chi connectivity index (χ0v) is 13.5. The quantitative estimate of drug-likeness (QED) is 0.887. The van der Waals surface area contributed by atoms with Gasteiger partial charge in [0.2, 0.25) is 0 Å². The Balaban J connectivity index is 1.90. The maximum atomic E-state index is 10.8. The van der Waals surface area contributed by atoms with E-state index in [9.17, 15) is 5.11 Å². The molecule has 3 heteroatoms. The van der Waals surface area contributed by atoms with Crippen LogP contribution in [0, 0.1) is 0 Å². The summed E-state index contributed by atoms with van der Waals surface area (Å²) in [6.45, 7) is 0.425. The lowest BCUT2D eigenvalue weighted by atomic mass is 9.88. The molecule has 2 aromatic carbocycles. The molecule has 2 aromatic rings. The predicted molar refractivity (Wildman–Crippen MR) is 89.4 cm³/mol. The summed E-state index contributed by atoms with van der Waals surface area (Å²) in [6.07, 6.45) is 2.95. The second-order valence-corrected chi connectivity index (χ2v) is 6.64. The van der Waals surface area contributed by atoms with Gasteiger partial charge >= 0.3 is 0 Å². The Labute approximate surface area is 134 Å². The largest absolute Gasteiger partial charge is 0.388 e. The van der Waals surface area contributed by atoms with Crippen molar-refractivity contribution < 1.29 is 5.11 Å². The first-order chi connectivity index (χ1) is 10.2. The van der Waals surface area contributed by atoms with Gasteiger partial charge in [0, 0.05) is 16.9 Å². The molecule has 0 spiro atoms. The van der Waals surface area contributed by atoms with Gasteiger partial charge in [0.25, 0.3) is 0 Å². The Kier molecular flexibility index (Phi) is 4.43. The molecule has 0 amide bonds. The van der Waals surface area contributed by atoms with Crippen molar-refractivity contribution >= 4 is 15.9 Å². The molecule has 0 heterocycles. The van der Waals surface area contributed by atoms with E-state index in [-0.39, 0.29) is 5.92 Å². The first kappa shape index (κ1) is 14.8. The van der Waals surface area contributed by atoms with Gasteiger partial charge in [-0.05, 0) is 53.6 Å². The Bertz CT molecular complexity index is 641. The maximum Gasteiger partial charge on any atom is 0.0870 e. The average molecular weight is 346 g/mol. The molecule has 3 rings (SSSR count). The zero-order chi connectivity index (χ0) is 14.8. The standard InChI is InChI=1S/C18H20BrNO/c19-16-6-2-5-14(10-16)17(11-20)18(21)15-8-7-12-3-1-4-13(12)9-15/h2,5-10,17-18,21H,1,3-4,11,20H2. The normalized spacial score (nSPS) is 16.5. The number of fused-ring (bicyclic) bond motifs is 1. The summed E-state index contributed by atoms with van der Waals surface area (Å²) in [4.78, 5) is 0. The van der Waals surface area contributed by atoms with Crippen LogP contribution in [0.1, 0.15) is 40.7 Å². The van der Waals surface area contributed by atoms with E-state index in [0.717, 1.165) is 28.4 Å². The summed E-state index contributed by atoms with van der Waals surface area (Å²) in [6, 6.07) is 14.4. The summed E-state index contributed by atoms with van der Waals surface area (Å²) in [5.41, 5.74) is 10.8. The molecule has 2 unspecified atom stereocenters. The van der Waals surface area contributed by atoms with Gasteiger partial charge in [-0.3, -0.25) is 0 Å². The van der Waals surface area contributed by atoms with Gasteiger partial charge in [0.05, 0.1) is 6.10 Å². The van der Waals surface area contributed by atoms with E-state index in [0.29, 0.717) is 6.54 Å². The number of benzene rings is 2. The third-order valence-electron chi connectivity index (χ3n) is 4.38. The van der Waals surface area contributed by atoms with E-state index >= 15 is 0 Å². The van der Waals surface area contributed by atoms with Crippen molar-refractivity contribution in [3.8, 4) is 0 Å². The molecule has 0 fully saturated rings. The molecule has 1 aliphatic carbocycles. The first-order valence-electron chi connectivity index (χ1n) is 7.44. The van der Waals surface area contributed by atoms with Gasteiger partial charge in [0.1, 0.15) is 0 Å². The van der Waals surface area contributed by atoms with Gasteiger partial charge in [0.15, 0.2) is 0 Å². The van der Waals surface area contributed by atoms with Crippen molar-refractivity contribution in [3.05, 3.63) is 69.2 Å². The highest BCUT2D eigenvalue weighted by Gasteiger charge is 2.23. The second-order valence-electron chi connectivity index (χ2n) is 5.72. The van der Waals surface area contributed by atoms with E-state index < -0.39 is 6.10 Å². The van der Waals surface area contributed by atoms with Crippen molar-refractivity contribution in [2.45, 2.75) is 31.3 Å². The van der Waals surface area contributed by atoms with E-state index in [2.05, 4.69) is 34.1 Å². The number of aliphatic hydroxyl groups is 1. The number of aliphatic hydroxyl groups excluding tert-OH is 1. The van der Waals surface area contributed by atoms with Crippen LogP contribution in [-0.4, -0.2) is 11.7 Å². The summed E-state index contributed by atoms with van der Waals surface area (Å²) in [5.74, 6) is -0.0815. The van der Waals surface area contributed by atoms with Crippen LogP contribution in [-0.2, 0) is 12.8 Å². The SMILES string of the molecule is NCC(c1cccc(Br)c1)C(O)c1ccc2c(c1)CCC2. The highest BCUT2D eigenvalue weighted by Crippen LogP contribution is 2.33. The Morgan fingerprint density at radius 1 is 1.05 bits per heavy atom.